The summed E-state index contributed by atoms with van der Waals surface area (Å²) in [6, 6.07) is 7.04. The van der Waals surface area contributed by atoms with E-state index in [9.17, 15) is 14.7 Å². The van der Waals surface area contributed by atoms with Gasteiger partial charge in [0.1, 0.15) is 5.75 Å². The van der Waals surface area contributed by atoms with Crippen LogP contribution < -0.4 is 5.32 Å². The van der Waals surface area contributed by atoms with Crippen molar-refractivity contribution >= 4 is 33.5 Å². The van der Waals surface area contributed by atoms with Gasteiger partial charge in [0, 0.05) is 10.7 Å². The van der Waals surface area contributed by atoms with Gasteiger partial charge in [-0.25, -0.2) is 9.78 Å². The van der Waals surface area contributed by atoms with Crippen molar-refractivity contribution in [1.82, 2.24) is 4.98 Å². The molecule has 102 valence electrons. The molecular formula is C13H9BrN2O4. The Bertz CT molecular complexity index is 688. The van der Waals surface area contributed by atoms with Crippen LogP contribution in [0.5, 0.6) is 5.75 Å². The third-order valence-corrected chi connectivity index (χ3v) is 3.12. The third-order valence-electron chi connectivity index (χ3n) is 2.47. The number of aromatic nitrogens is 1. The van der Waals surface area contributed by atoms with Crippen molar-refractivity contribution in [3.8, 4) is 5.75 Å². The molecular weight excluding hydrogens is 328 g/mol. The quantitative estimate of drug-likeness (QED) is 0.799. The van der Waals surface area contributed by atoms with Crippen LogP contribution in [-0.2, 0) is 0 Å². The minimum absolute atomic E-state index is 0.0931. The predicted molar refractivity (Wildman–Crippen MR) is 75.0 cm³/mol. The standard InChI is InChI=1S/C13H9BrN2O4/c14-8-6-7(13(19)20)3-4-9(8)16-12(18)11-10(17)2-1-5-15-11/h1-6,17H,(H,16,18)(H,19,20). The van der Waals surface area contributed by atoms with Gasteiger partial charge in [-0.05, 0) is 46.3 Å². The maximum Gasteiger partial charge on any atom is 0.335 e. The van der Waals surface area contributed by atoms with Crippen LogP contribution >= 0.6 is 15.9 Å². The molecule has 0 aliphatic heterocycles. The molecule has 0 unspecified atom stereocenters. The van der Waals surface area contributed by atoms with Gasteiger partial charge in [0.25, 0.3) is 5.91 Å². The highest BCUT2D eigenvalue weighted by molar-refractivity contribution is 9.10. The molecule has 6 nitrogen and oxygen atoms in total. The zero-order chi connectivity index (χ0) is 14.7. The van der Waals surface area contributed by atoms with E-state index in [1.54, 1.807) is 0 Å². The Kier molecular flexibility index (Phi) is 3.99. The van der Waals surface area contributed by atoms with Crippen molar-refractivity contribution in [1.29, 1.82) is 0 Å². The summed E-state index contributed by atoms with van der Waals surface area (Å²) >= 11 is 3.17. The van der Waals surface area contributed by atoms with Crippen LogP contribution in [0.4, 0.5) is 5.69 Å². The summed E-state index contributed by atoms with van der Waals surface area (Å²) in [5.41, 5.74) is 0.363. The van der Waals surface area contributed by atoms with Gasteiger partial charge in [0.2, 0.25) is 0 Å². The Morgan fingerprint density at radius 3 is 2.60 bits per heavy atom. The normalized spacial score (nSPS) is 10.1. The van der Waals surface area contributed by atoms with Crippen LogP contribution in [0, 0.1) is 0 Å². The van der Waals surface area contributed by atoms with Gasteiger partial charge in [-0.2, -0.15) is 0 Å². The van der Waals surface area contributed by atoms with Crippen molar-refractivity contribution in [2.24, 2.45) is 0 Å². The Balaban J connectivity index is 2.25. The minimum atomic E-state index is -1.06. The first kappa shape index (κ1) is 14.0. The Morgan fingerprint density at radius 2 is 2.00 bits per heavy atom. The van der Waals surface area contributed by atoms with Gasteiger partial charge in [-0.3, -0.25) is 4.79 Å². The average molecular weight is 337 g/mol. The van der Waals surface area contributed by atoms with Crippen molar-refractivity contribution in [2.45, 2.75) is 0 Å². The number of amides is 1. The Hall–Kier alpha value is -2.41. The number of hydrogen-bond donors (Lipinski definition) is 3. The first-order valence-electron chi connectivity index (χ1n) is 5.47. The lowest BCUT2D eigenvalue weighted by Crippen LogP contribution is -2.14. The Morgan fingerprint density at radius 1 is 1.25 bits per heavy atom. The summed E-state index contributed by atoms with van der Waals surface area (Å²) in [6.07, 6.45) is 1.39. The smallest absolute Gasteiger partial charge is 0.335 e. The highest BCUT2D eigenvalue weighted by atomic mass is 79.9. The lowest BCUT2D eigenvalue weighted by Gasteiger charge is -2.08. The number of carbonyl (C=O) groups is 2. The first-order chi connectivity index (χ1) is 9.49. The molecule has 0 radical (unpaired) electrons. The molecule has 3 N–H and O–H groups in total. The van der Waals surface area contributed by atoms with E-state index in [1.165, 1.54) is 36.5 Å². The molecule has 20 heavy (non-hydrogen) atoms. The molecule has 0 aliphatic carbocycles. The van der Waals surface area contributed by atoms with Crippen molar-refractivity contribution < 1.29 is 19.8 Å². The summed E-state index contributed by atoms with van der Waals surface area (Å²) < 4.78 is 0.418. The lowest BCUT2D eigenvalue weighted by atomic mass is 10.2. The molecule has 7 heteroatoms. The van der Waals surface area contributed by atoms with E-state index in [0.717, 1.165) is 0 Å². The van der Waals surface area contributed by atoms with Gasteiger partial charge in [0.05, 0.1) is 11.3 Å². The highest BCUT2D eigenvalue weighted by Crippen LogP contribution is 2.25. The number of benzene rings is 1. The number of carboxylic acids is 1. The fraction of sp³-hybridized carbons (Fsp3) is 0. The lowest BCUT2D eigenvalue weighted by molar-refractivity contribution is 0.0696. The molecule has 0 spiro atoms. The number of carbonyl (C=O) groups excluding carboxylic acids is 1. The molecule has 1 aromatic heterocycles. The van der Waals surface area contributed by atoms with E-state index < -0.39 is 11.9 Å². The largest absolute Gasteiger partial charge is 0.505 e. The second-order valence-corrected chi connectivity index (χ2v) is 4.68. The number of rotatable bonds is 3. The molecule has 0 saturated carbocycles. The summed E-state index contributed by atoms with van der Waals surface area (Å²) in [5, 5.41) is 20.9. The summed E-state index contributed by atoms with van der Waals surface area (Å²) in [7, 11) is 0. The van der Waals surface area contributed by atoms with Gasteiger partial charge < -0.3 is 15.5 Å². The number of hydrogen-bond acceptors (Lipinski definition) is 4. The predicted octanol–water partition coefficient (Wildman–Crippen LogP) is 2.50. The topological polar surface area (TPSA) is 99.5 Å². The molecule has 1 amide bonds. The average Bonchev–Trinajstić information content (AvgIpc) is 2.41. The maximum atomic E-state index is 11.9. The molecule has 2 aromatic rings. The van der Waals surface area contributed by atoms with Gasteiger partial charge in [0.15, 0.2) is 5.69 Å². The zero-order valence-electron chi connectivity index (χ0n) is 10.0. The van der Waals surface area contributed by atoms with Crippen LogP contribution in [0.15, 0.2) is 41.0 Å². The minimum Gasteiger partial charge on any atom is -0.505 e. The second-order valence-electron chi connectivity index (χ2n) is 3.83. The molecule has 0 bridgehead atoms. The zero-order valence-corrected chi connectivity index (χ0v) is 11.6. The van der Waals surface area contributed by atoms with E-state index in [4.69, 9.17) is 5.11 Å². The summed E-state index contributed by atoms with van der Waals surface area (Å²) in [4.78, 5) is 26.5. The fourth-order valence-electron chi connectivity index (χ4n) is 1.50. The van der Waals surface area contributed by atoms with Crippen molar-refractivity contribution in [2.75, 3.05) is 5.32 Å². The molecule has 2 rings (SSSR count). The maximum absolute atomic E-state index is 11.9. The van der Waals surface area contributed by atoms with Crippen molar-refractivity contribution in [3.05, 3.63) is 52.3 Å². The van der Waals surface area contributed by atoms with Gasteiger partial charge in [-0.15, -0.1) is 0 Å². The SMILES string of the molecule is O=C(O)c1ccc(NC(=O)c2ncccc2O)c(Br)c1. The number of pyridine rings is 1. The second kappa shape index (κ2) is 5.70. The molecule has 0 atom stereocenters. The molecule has 0 aliphatic rings. The molecule has 0 fully saturated rings. The number of nitrogens with zero attached hydrogens (tertiary/aromatic N) is 1. The van der Waals surface area contributed by atoms with E-state index in [0.29, 0.717) is 10.2 Å². The monoisotopic (exact) mass is 336 g/mol. The number of aromatic hydroxyl groups is 1. The number of halogens is 1. The van der Waals surface area contributed by atoms with Crippen molar-refractivity contribution in [3.63, 3.8) is 0 Å². The third kappa shape index (κ3) is 2.94. The number of nitrogens with one attached hydrogen (secondary N) is 1. The van der Waals surface area contributed by atoms with Crippen LogP contribution in [0.1, 0.15) is 20.8 Å². The van der Waals surface area contributed by atoms with E-state index in [2.05, 4.69) is 26.2 Å². The summed E-state index contributed by atoms with van der Waals surface area (Å²) in [5.74, 6) is -1.89. The number of carboxylic acid groups (broad SMARTS) is 1. The summed E-state index contributed by atoms with van der Waals surface area (Å²) in [6.45, 7) is 0. The van der Waals surface area contributed by atoms with E-state index in [-0.39, 0.29) is 17.0 Å². The number of aromatic carboxylic acids is 1. The Labute approximate surface area is 122 Å². The fourth-order valence-corrected chi connectivity index (χ4v) is 1.98. The van der Waals surface area contributed by atoms with Crippen LogP contribution in [0.25, 0.3) is 0 Å². The van der Waals surface area contributed by atoms with Crippen LogP contribution in [-0.4, -0.2) is 27.1 Å². The van der Waals surface area contributed by atoms with E-state index in [1.807, 2.05) is 0 Å². The first-order valence-corrected chi connectivity index (χ1v) is 6.26. The molecule has 0 saturated heterocycles. The van der Waals surface area contributed by atoms with Gasteiger partial charge >= 0.3 is 5.97 Å². The highest BCUT2D eigenvalue weighted by Gasteiger charge is 2.14. The number of anilines is 1. The van der Waals surface area contributed by atoms with Crippen LogP contribution in [0.2, 0.25) is 0 Å². The van der Waals surface area contributed by atoms with E-state index >= 15 is 0 Å². The molecule has 1 heterocycles. The van der Waals surface area contributed by atoms with Crippen LogP contribution in [0.3, 0.4) is 0 Å². The van der Waals surface area contributed by atoms with Gasteiger partial charge in [-0.1, -0.05) is 0 Å². The molecule has 1 aromatic carbocycles.